The van der Waals surface area contributed by atoms with Gasteiger partial charge in [0.25, 0.3) is 17.4 Å². The summed E-state index contributed by atoms with van der Waals surface area (Å²) in [5.74, 6) is -1.31. The first-order chi connectivity index (χ1) is 14.3. The number of nitrogens with zero attached hydrogens (tertiary/aromatic N) is 3. The van der Waals surface area contributed by atoms with Gasteiger partial charge >= 0.3 is 0 Å². The molecule has 9 nitrogen and oxygen atoms in total. The number of aromatic nitrogens is 1. The Kier molecular flexibility index (Phi) is 4.98. The molecule has 4 rings (SSSR count). The molecular formula is C20H20ClN5O4. The second kappa shape index (κ2) is 7.49. The lowest BCUT2D eigenvalue weighted by Gasteiger charge is -2.37. The zero-order chi connectivity index (χ0) is 21.6. The quantitative estimate of drug-likeness (QED) is 0.703. The van der Waals surface area contributed by atoms with Crippen molar-refractivity contribution in [2.45, 2.75) is 13.3 Å². The Bertz CT molecular complexity index is 1130. The Labute approximate surface area is 177 Å². The molecule has 3 amide bonds. The van der Waals surface area contributed by atoms with Crippen molar-refractivity contribution in [2.24, 2.45) is 0 Å². The maximum absolute atomic E-state index is 12.9. The van der Waals surface area contributed by atoms with Crippen LogP contribution in [0.2, 0.25) is 5.02 Å². The van der Waals surface area contributed by atoms with Gasteiger partial charge in [0, 0.05) is 43.7 Å². The second-order valence-electron chi connectivity index (χ2n) is 7.13. The molecule has 1 aromatic heterocycles. The molecule has 2 aromatic rings. The maximum Gasteiger partial charge on any atom is 0.262 e. The summed E-state index contributed by atoms with van der Waals surface area (Å²) in [6, 6.07) is 6.18. The minimum atomic E-state index is -0.644. The Hall–Kier alpha value is -3.33. The highest BCUT2D eigenvalue weighted by atomic mass is 35.5. The third-order valence-corrected chi connectivity index (χ3v) is 5.64. The number of fused-ring (bicyclic) bond motifs is 1. The van der Waals surface area contributed by atoms with Crippen LogP contribution < -0.4 is 21.5 Å². The number of piperazine rings is 1. The normalized spacial score (nSPS) is 15.9. The van der Waals surface area contributed by atoms with E-state index in [0.29, 0.717) is 49.0 Å². The van der Waals surface area contributed by atoms with Gasteiger partial charge < -0.3 is 15.5 Å². The largest absolute Gasteiger partial charge is 0.384 e. The Morgan fingerprint density at radius 1 is 1.07 bits per heavy atom. The molecule has 10 heteroatoms. The molecule has 1 saturated heterocycles. The predicted molar refractivity (Wildman–Crippen MR) is 112 cm³/mol. The van der Waals surface area contributed by atoms with E-state index in [9.17, 15) is 19.2 Å². The second-order valence-corrected chi connectivity index (χ2v) is 7.57. The van der Waals surface area contributed by atoms with Crippen molar-refractivity contribution in [1.82, 2.24) is 14.8 Å². The van der Waals surface area contributed by atoms with Crippen LogP contribution in [0.3, 0.4) is 0 Å². The van der Waals surface area contributed by atoms with E-state index in [4.69, 9.17) is 17.3 Å². The minimum absolute atomic E-state index is 0.0242. The molecule has 0 spiro atoms. The maximum atomic E-state index is 12.9. The molecule has 3 heterocycles. The van der Waals surface area contributed by atoms with Crippen molar-refractivity contribution in [1.29, 1.82) is 0 Å². The van der Waals surface area contributed by atoms with Crippen LogP contribution in [-0.2, 0) is 4.79 Å². The summed E-state index contributed by atoms with van der Waals surface area (Å²) in [7, 11) is 0. The molecule has 0 aliphatic carbocycles. The van der Waals surface area contributed by atoms with Crippen molar-refractivity contribution in [3.05, 3.63) is 50.8 Å². The Morgan fingerprint density at radius 2 is 1.77 bits per heavy atom. The van der Waals surface area contributed by atoms with Crippen LogP contribution in [0, 0.1) is 0 Å². The number of hydrogen-bond donors (Lipinski definition) is 2. The van der Waals surface area contributed by atoms with Crippen molar-refractivity contribution >= 4 is 40.8 Å². The number of rotatable bonds is 3. The molecule has 0 atom stereocenters. The van der Waals surface area contributed by atoms with E-state index < -0.39 is 17.4 Å². The van der Waals surface area contributed by atoms with E-state index >= 15 is 0 Å². The first-order valence-corrected chi connectivity index (χ1v) is 9.93. The summed E-state index contributed by atoms with van der Waals surface area (Å²) in [6.45, 7) is 4.08. The Morgan fingerprint density at radius 3 is 2.43 bits per heavy atom. The number of benzene rings is 1. The van der Waals surface area contributed by atoms with Crippen LogP contribution in [-0.4, -0.2) is 53.4 Å². The van der Waals surface area contributed by atoms with E-state index in [1.54, 1.807) is 23.1 Å². The average molecular weight is 430 g/mol. The highest BCUT2D eigenvalue weighted by Crippen LogP contribution is 2.31. The number of amides is 3. The molecule has 0 bridgehead atoms. The molecule has 0 saturated carbocycles. The third-order valence-electron chi connectivity index (χ3n) is 5.41. The number of pyridine rings is 1. The third kappa shape index (κ3) is 3.21. The highest BCUT2D eigenvalue weighted by molar-refractivity contribution is 6.31. The van der Waals surface area contributed by atoms with Crippen molar-refractivity contribution in [3.8, 4) is 5.69 Å². The van der Waals surface area contributed by atoms with Gasteiger partial charge in [-0.1, -0.05) is 18.5 Å². The fraction of sp³-hybridized carbons (Fsp3) is 0.300. The van der Waals surface area contributed by atoms with Crippen LogP contribution in [0.1, 0.15) is 34.1 Å². The van der Waals surface area contributed by atoms with Crippen molar-refractivity contribution < 1.29 is 14.4 Å². The summed E-state index contributed by atoms with van der Waals surface area (Å²) < 4.78 is 1.20. The molecule has 1 fully saturated rings. The van der Waals surface area contributed by atoms with E-state index in [1.807, 2.05) is 11.8 Å². The SMILES string of the molecule is CCC(=O)N1CCN(c2ccc(Cl)cc2-n2c(N)c3c(cc2=O)C(=O)NC3=O)CC1. The number of hydrogen-bond acceptors (Lipinski definition) is 6. The van der Waals surface area contributed by atoms with Gasteiger partial charge in [-0.05, 0) is 18.2 Å². The molecular weight excluding hydrogens is 410 g/mol. The molecule has 3 N–H and O–H groups in total. The molecule has 30 heavy (non-hydrogen) atoms. The van der Waals surface area contributed by atoms with Crippen LogP contribution in [0.5, 0.6) is 0 Å². The number of imide groups is 1. The van der Waals surface area contributed by atoms with Crippen molar-refractivity contribution in [3.63, 3.8) is 0 Å². The van der Waals surface area contributed by atoms with Gasteiger partial charge in [-0.15, -0.1) is 0 Å². The van der Waals surface area contributed by atoms with Crippen LogP contribution in [0.4, 0.5) is 11.5 Å². The van der Waals surface area contributed by atoms with Gasteiger partial charge in [-0.2, -0.15) is 0 Å². The monoisotopic (exact) mass is 429 g/mol. The number of carbonyl (C=O) groups is 3. The zero-order valence-electron chi connectivity index (χ0n) is 16.3. The van der Waals surface area contributed by atoms with Gasteiger partial charge in [0.1, 0.15) is 5.82 Å². The standard InChI is InChI=1S/C20H20ClN5O4/c1-2-15(27)25-7-5-24(6-8-25)13-4-3-11(21)9-14(13)26-16(28)10-12-17(18(26)22)20(30)23-19(12)29/h3-4,9-10H,2,5-8,22H2,1H3,(H,23,29,30). The number of nitrogens with one attached hydrogen (secondary N) is 1. The summed E-state index contributed by atoms with van der Waals surface area (Å²) in [6.07, 6.45) is 0.452. The summed E-state index contributed by atoms with van der Waals surface area (Å²) in [5, 5.41) is 2.54. The molecule has 2 aliphatic rings. The number of nitrogens with two attached hydrogens (primary N) is 1. The summed E-state index contributed by atoms with van der Waals surface area (Å²) >= 11 is 6.20. The molecule has 1 aromatic carbocycles. The summed E-state index contributed by atoms with van der Waals surface area (Å²) in [4.78, 5) is 52.7. The van der Waals surface area contributed by atoms with E-state index in [-0.39, 0.29) is 22.9 Å². The van der Waals surface area contributed by atoms with Gasteiger partial charge in [0.15, 0.2) is 0 Å². The van der Waals surface area contributed by atoms with Crippen LogP contribution in [0.25, 0.3) is 5.69 Å². The molecule has 2 aliphatic heterocycles. The van der Waals surface area contributed by atoms with E-state index in [1.165, 1.54) is 4.57 Å². The fourth-order valence-corrected chi connectivity index (χ4v) is 4.06. The molecule has 0 radical (unpaired) electrons. The molecule has 0 unspecified atom stereocenters. The van der Waals surface area contributed by atoms with Crippen molar-refractivity contribution in [2.75, 3.05) is 36.8 Å². The zero-order valence-corrected chi connectivity index (χ0v) is 17.0. The van der Waals surface area contributed by atoms with E-state index in [0.717, 1.165) is 6.07 Å². The van der Waals surface area contributed by atoms with Gasteiger partial charge in [-0.25, -0.2) is 0 Å². The predicted octanol–water partition coefficient (Wildman–Crippen LogP) is 1.02. The number of halogens is 1. The van der Waals surface area contributed by atoms with Gasteiger partial charge in [-0.3, -0.25) is 29.1 Å². The fourth-order valence-electron chi connectivity index (χ4n) is 3.89. The van der Waals surface area contributed by atoms with Gasteiger partial charge in [0.05, 0.1) is 22.5 Å². The number of carbonyl (C=O) groups excluding carboxylic acids is 3. The lowest BCUT2D eigenvalue weighted by Crippen LogP contribution is -2.49. The molecule has 156 valence electrons. The van der Waals surface area contributed by atoms with Gasteiger partial charge in [0.2, 0.25) is 5.91 Å². The average Bonchev–Trinajstić information content (AvgIpc) is 3.01. The Balaban J connectivity index is 1.79. The first-order valence-electron chi connectivity index (χ1n) is 9.55. The number of anilines is 2. The first kappa shape index (κ1) is 20.0. The van der Waals surface area contributed by atoms with Crippen LogP contribution >= 0.6 is 11.6 Å². The lowest BCUT2D eigenvalue weighted by molar-refractivity contribution is -0.131. The van der Waals surface area contributed by atoms with Crippen LogP contribution in [0.15, 0.2) is 29.1 Å². The topological polar surface area (TPSA) is 118 Å². The summed E-state index contributed by atoms with van der Waals surface area (Å²) in [5.41, 5.74) is 6.69. The minimum Gasteiger partial charge on any atom is -0.384 e. The van der Waals surface area contributed by atoms with E-state index in [2.05, 4.69) is 5.32 Å². The lowest BCUT2D eigenvalue weighted by atomic mass is 10.1. The highest BCUT2D eigenvalue weighted by Gasteiger charge is 2.32. The smallest absolute Gasteiger partial charge is 0.262 e. The number of nitrogen functional groups attached to an aromatic ring is 1.